The number of aromatic amines is 1. The summed E-state index contributed by atoms with van der Waals surface area (Å²) >= 11 is 1.75. The molecular weight excluding hydrogens is 512 g/mol. The molecular formula is C30H26N4O4S. The number of aromatic nitrogens is 3. The molecule has 8 rings (SSSR count). The van der Waals surface area contributed by atoms with E-state index in [0.29, 0.717) is 29.8 Å². The van der Waals surface area contributed by atoms with Gasteiger partial charge in [-0.25, -0.2) is 4.98 Å². The van der Waals surface area contributed by atoms with Crippen LogP contribution in [0.2, 0.25) is 0 Å². The van der Waals surface area contributed by atoms with Crippen molar-refractivity contribution in [2.45, 2.75) is 37.3 Å². The van der Waals surface area contributed by atoms with Gasteiger partial charge in [0, 0.05) is 36.0 Å². The van der Waals surface area contributed by atoms with Crippen molar-refractivity contribution in [1.29, 1.82) is 0 Å². The number of methoxy groups -OCH3 is 1. The Morgan fingerprint density at radius 3 is 2.67 bits per heavy atom. The standard InChI is InChI=1S/C30H26N4O4S/c1-37-18-4-2-16(3-5-18)27-19-8-11-39-26(19)14-23-20-13-24-22(12-21(20)30(36)34(23)27)32-29(35)25-15-31-28(33(24)25)17-6-9-38-10-7-17/h2-5,8,11-13,15,17,23,27H,6-7,9-10,14H2,1H3,(H,32,35). The summed E-state index contributed by atoms with van der Waals surface area (Å²) in [6.07, 6.45) is 4.19. The first-order chi connectivity index (χ1) is 19.1. The Kier molecular flexibility index (Phi) is 5.02. The molecule has 1 N–H and O–H groups in total. The first kappa shape index (κ1) is 23.0. The van der Waals surface area contributed by atoms with Gasteiger partial charge in [-0.05, 0) is 65.2 Å². The third-order valence-corrected chi connectivity index (χ3v) is 9.55. The predicted molar refractivity (Wildman–Crippen MR) is 148 cm³/mol. The number of thiophene rings is 1. The molecule has 3 aromatic heterocycles. The Bertz CT molecular complexity index is 1830. The predicted octanol–water partition coefficient (Wildman–Crippen LogP) is 4.98. The van der Waals surface area contributed by atoms with Crippen LogP contribution in [0.25, 0.3) is 16.6 Å². The van der Waals surface area contributed by atoms with E-state index >= 15 is 0 Å². The number of benzene rings is 2. The van der Waals surface area contributed by atoms with Crippen LogP contribution in [0.4, 0.5) is 0 Å². The number of hydrogen-bond acceptors (Lipinski definition) is 6. The fraction of sp³-hybridized carbons (Fsp3) is 0.300. The van der Waals surface area contributed by atoms with Crippen LogP contribution < -0.4 is 10.3 Å². The van der Waals surface area contributed by atoms with Gasteiger partial charge in [-0.3, -0.25) is 14.0 Å². The summed E-state index contributed by atoms with van der Waals surface area (Å²) in [5.74, 6) is 1.89. The van der Waals surface area contributed by atoms with Crippen molar-refractivity contribution in [3.8, 4) is 5.75 Å². The normalized spacial score (nSPS) is 20.8. The van der Waals surface area contributed by atoms with Gasteiger partial charge in [0.25, 0.3) is 11.5 Å². The van der Waals surface area contributed by atoms with Gasteiger partial charge in [0.2, 0.25) is 0 Å². The Hall–Kier alpha value is -3.95. The molecule has 1 fully saturated rings. The average Bonchev–Trinajstić information content (AvgIpc) is 3.69. The maximum Gasteiger partial charge on any atom is 0.274 e. The van der Waals surface area contributed by atoms with E-state index in [0.717, 1.165) is 47.5 Å². The van der Waals surface area contributed by atoms with E-state index in [1.54, 1.807) is 24.6 Å². The molecule has 2 atom stereocenters. The number of carbonyl (C=O) groups excluding carboxylic acids is 1. The van der Waals surface area contributed by atoms with Crippen molar-refractivity contribution in [3.63, 3.8) is 0 Å². The summed E-state index contributed by atoms with van der Waals surface area (Å²) < 4.78 is 13.0. The fourth-order valence-electron chi connectivity index (χ4n) is 6.71. The third-order valence-electron chi connectivity index (χ3n) is 8.59. The number of rotatable bonds is 3. The first-order valence-electron chi connectivity index (χ1n) is 13.3. The van der Waals surface area contributed by atoms with Crippen LogP contribution in [0, 0.1) is 0 Å². The number of fused-ring (bicyclic) bond motifs is 7. The van der Waals surface area contributed by atoms with Crippen LogP contribution in [-0.2, 0) is 11.2 Å². The van der Waals surface area contributed by atoms with Crippen molar-refractivity contribution in [2.75, 3.05) is 20.3 Å². The average molecular weight is 539 g/mol. The number of H-pyrrole nitrogens is 1. The van der Waals surface area contributed by atoms with Gasteiger partial charge in [0.05, 0.1) is 36.4 Å². The molecule has 5 aromatic rings. The molecule has 1 amide bonds. The molecule has 0 spiro atoms. The van der Waals surface area contributed by atoms with E-state index in [4.69, 9.17) is 14.5 Å². The molecule has 3 aliphatic rings. The summed E-state index contributed by atoms with van der Waals surface area (Å²) in [4.78, 5) is 38.3. The lowest BCUT2D eigenvalue weighted by atomic mass is 9.89. The van der Waals surface area contributed by atoms with Crippen molar-refractivity contribution < 1.29 is 14.3 Å². The molecule has 39 heavy (non-hydrogen) atoms. The van der Waals surface area contributed by atoms with Gasteiger partial charge in [-0.15, -0.1) is 11.3 Å². The summed E-state index contributed by atoms with van der Waals surface area (Å²) in [5.41, 5.74) is 5.77. The molecule has 9 heteroatoms. The summed E-state index contributed by atoms with van der Waals surface area (Å²) in [7, 11) is 1.66. The maximum absolute atomic E-state index is 14.1. The molecule has 196 valence electrons. The van der Waals surface area contributed by atoms with E-state index in [1.165, 1.54) is 10.4 Å². The smallest absolute Gasteiger partial charge is 0.274 e. The minimum Gasteiger partial charge on any atom is -0.497 e. The molecule has 0 bridgehead atoms. The first-order valence-corrected chi connectivity index (χ1v) is 14.2. The van der Waals surface area contributed by atoms with Gasteiger partial charge >= 0.3 is 0 Å². The second kappa shape index (κ2) is 8.53. The van der Waals surface area contributed by atoms with Gasteiger partial charge in [-0.2, -0.15) is 0 Å². The second-order valence-corrected chi connectivity index (χ2v) is 11.5. The number of amides is 1. The molecule has 0 radical (unpaired) electrons. The Morgan fingerprint density at radius 2 is 1.87 bits per heavy atom. The minimum absolute atomic E-state index is 0.00852. The zero-order chi connectivity index (χ0) is 26.2. The lowest BCUT2D eigenvalue weighted by Crippen LogP contribution is -2.37. The van der Waals surface area contributed by atoms with Crippen LogP contribution in [0.5, 0.6) is 5.75 Å². The largest absolute Gasteiger partial charge is 0.497 e. The number of carbonyl (C=O) groups is 1. The number of nitrogens with zero attached hydrogens (tertiary/aromatic N) is 3. The van der Waals surface area contributed by atoms with Crippen LogP contribution >= 0.6 is 11.3 Å². The van der Waals surface area contributed by atoms with Crippen LogP contribution in [-0.4, -0.2) is 45.5 Å². The minimum atomic E-state index is -0.199. The monoisotopic (exact) mass is 538 g/mol. The van der Waals surface area contributed by atoms with Crippen molar-refractivity contribution in [2.24, 2.45) is 0 Å². The zero-order valence-corrected chi connectivity index (χ0v) is 22.2. The van der Waals surface area contributed by atoms with Crippen LogP contribution in [0.15, 0.2) is 58.8 Å². The van der Waals surface area contributed by atoms with Gasteiger partial charge < -0.3 is 19.4 Å². The van der Waals surface area contributed by atoms with Crippen molar-refractivity contribution in [3.05, 3.63) is 97.4 Å². The van der Waals surface area contributed by atoms with Gasteiger partial charge in [0.1, 0.15) is 17.1 Å². The van der Waals surface area contributed by atoms with Crippen molar-refractivity contribution in [1.82, 2.24) is 19.3 Å². The Balaban J connectivity index is 1.32. The molecule has 0 saturated carbocycles. The SMILES string of the molecule is COc1ccc(C2c3ccsc3CC3c4cc5c(cc4C(=O)N32)[nH]c(=O)c2cnc(C3CCOCC3)n25)cc1. The van der Waals surface area contributed by atoms with Crippen molar-refractivity contribution >= 4 is 33.8 Å². The summed E-state index contributed by atoms with van der Waals surface area (Å²) in [5, 5.41) is 2.12. The van der Waals surface area contributed by atoms with E-state index in [9.17, 15) is 9.59 Å². The fourth-order valence-corrected chi connectivity index (χ4v) is 7.66. The van der Waals surface area contributed by atoms with E-state index in [-0.39, 0.29) is 29.5 Å². The molecule has 3 aliphatic heterocycles. The summed E-state index contributed by atoms with van der Waals surface area (Å²) in [6, 6.07) is 13.8. The number of hydrogen-bond donors (Lipinski definition) is 1. The van der Waals surface area contributed by atoms with E-state index in [1.807, 2.05) is 39.6 Å². The molecule has 6 heterocycles. The molecule has 2 unspecified atom stereocenters. The summed E-state index contributed by atoms with van der Waals surface area (Å²) in [6.45, 7) is 1.38. The van der Waals surface area contributed by atoms with Gasteiger partial charge in [-0.1, -0.05) is 12.1 Å². The molecule has 8 nitrogen and oxygen atoms in total. The number of nitrogens with one attached hydrogen (secondary N) is 1. The number of imidazole rings is 1. The van der Waals surface area contributed by atoms with Crippen LogP contribution in [0.3, 0.4) is 0 Å². The number of ether oxygens (including phenoxy) is 2. The lowest BCUT2D eigenvalue weighted by molar-refractivity contribution is 0.0643. The highest BCUT2D eigenvalue weighted by Gasteiger charge is 2.46. The van der Waals surface area contributed by atoms with Gasteiger partial charge in [0.15, 0.2) is 0 Å². The third kappa shape index (κ3) is 3.29. The molecule has 1 saturated heterocycles. The van der Waals surface area contributed by atoms with E-state index in [2.05, 4.69) is 22.5 Å². The quantitative estimate of drug-likeness (QED) is 0.350. The highest BCUT2D eigenvalue weighted by atomic mass is 32.1. The van der Waals surface area contributed by atoms with E-state index < -0.39 is 0 Å². The van der Waals surface area contributed by atoms with Crippen LogP contribution in [0.1, 0.15) is 68.6 Å². The highest BCUT2D eigenvalue weighted by Crippen LogP contribution is 2.51. The topological polar surface area (TPSA) is 88.9 Å². The Labute approximate surface area is 227 Å². The highest BCUT2D eigenvalue weighted by molar-refractivity contribution is 7.10. The molecule has 2 aromatic carbocycles. The maximum atomic E-state index is 14.1. The Morgan fingerprint density at radius 1 is 1.05 bits per heavy atom. The second-order valence-electron chi connectivity index (χ2n) is 10.5. The lowest BCUT2D eigenvalue weighted by Gasteiger charge is -2.38. The molecule has 0 aliphatic carbocycles. The zero-order valence-electron chi connectivity index (χ0n) is 21.3.